The van der Waals surface area contributed by atoms with E-state index < -0.39 is 27.8 Å². The molecule has 0 aromatic carbocycles. The van der Waals surface area contributed by atoms with Crippen molar-refractivity contribution in [3.63, 3.8) is 0 Å². The minimum absolute atomic E-state index is 0.0507. The van der Waals surface area contributed by atoms with Crippen LogP contribution in [0, 0.1) is 5.92 Å². The molecule has 0 radical (unpaired) electrons. The van der Waals surface area contributed by atoms with E-state index in [9.17, 15) is 13.2 Å². The van der Waals surface area contributed by atoms with E-state index in [0.29, 0.717) is 0 Å². The Labute approximate surface area is 76.8 Å². The zero-order valence-electron chi connectivity index (χ0n) is 7.23. The van der Waals surface area contributed by atoms with E-state index in [-0.39, 0.29) is 12.0 Å². The predicted molar refractivity (Wildman–Crippen MR) is 47.0 cm³/mol. The van der Waals surface area contributed by atoms with Gasteiger partial charge in [-0.15, -0.1) is 0 Å². The van der Waals surface area contributed by atoms with Crippen molar-refractivity contribution < 1.29 is 22.9 Å². The maximum atomic E-state index is 10.4. The summed E-state index contributed by atoms with van der Waals surface area (Å²) in [5.41, 5.74) is -0.0591. The van der Waals surface area contributed by atoms with Crippen molar-refractivity contribution in [2.75, 3.05) is 5.75 Å². The molecule has 76 valence electrons. The topological polar surface area (TPSA) is 91.7 Å². The molecule has 0 saturated carbocycles. The normalized spacial score (nSPS) is 13.7. The average Bonchev–Trinajstić information content (AvgIpc) is 1.81. The van der Waals surface area contributed by atoms with Gasteiger partial charge in [0, 0.05) is 5.57 Å². The second kappa shape index (κ2) is 4.38. The van der Waals surface area contributed by atoms with Crippen molar-refractivity contribution >= 4 is 16.1 Å². The molecule has 0 spiro atoms. The molecule has 0 heterocycles. The maximum absolute atomic E-state index is 10.4. The molecule has 0 fully saturated rings. The molecule has 0 aromatic rings. The summed E-state index contributed by atoms with van der Waals surface area (Å²) in [6.45, 7) is 4.78. The monoisotopic (exact) mass is 208 g/mol. The second-order valence-electron chi connectivity index (χ2n) is 2.97. The fourth-order valence-electron chi connectivity index (χ4n) is 0.926. The van der Waals surface area contributed by atoms with E-state index in [1.54, 1.807) is 0 Å². The molecule has 0 rings (SSSR count). The summed E-state index contributed by atoms with van der Waals surface area (Å²) in [6, 6.07) is 0. The summed E-state index contributed by atoms with van der Waals surface area (Å²) in [7, 11) is -4.03. The zero-order chi connectivity index (χ0) is 10.6. The van der Waals surface area contributed by atoms with E-state index in [0.717, 1.165) is 0 Å². The van der Waals surface area contributed by atoms with Gasteiger partial charge in [-0.25, -0.2) is 4.79 Å². The number of carboxylic acids is 1. The number of hydrogen-bond donors (Lipinski definition) is 2. The molecule has 6 heteroatoms. The van der Waals surface area contributed by atoms with Crippen molar-refractivity contribution in [3.05, 3.63) is 12.2 Å². The number of carbonyl (C=O) groups is 1. The van der Waals surface area contributed by atoms with E-state index in [1.165, 1.54) is 6.92 Å². The summed E-state index contributed by atoms with van der Waals surface area (Å²) in [5, 5.41) is 8.42. The Morgan fingerprint density at radius 1 is 1.54 bits per heavy atom. The smallest absolute Gasteiger partial charge is 0.330 e. The van der Waals surface area contributed by atoms with Gasteiger partial charge in [0.2, 0.25) is 0 Å². The largest absolute Gasteiger partial charge is 0.478 e. The second-order valence-corrected chi connectivity index (χ2v) is 4.46. The van der Waals surface area contributed by atoms with Crippen LogP contribution in [0.4, 0.5) is 0 Å². The first kappa shape index (κ1) is 12.1. The Morgan fingerprint density at radius 2 is 2.00 bits per heavy atom. The van der Waals surface area contributed by atoms with Gasteiger partial charge >= 0.3 is 5.97 Å². The van der Waals surface area contributed by atoms with Crippen LogP contribution in [0.15, 0.2) is 12.2 Å². The van der Waals surface area contributed by atoms with Crippen molar-refractivity contribution in [1.82, 2.24) is 0 Å². The third-order valence-corrected chi connectivity index (χ3v) is 2.38. The van der Waals surface area contributed by atoms with Gasteiger partial charge in [0.15, 0.2) is 0 Å². The molecule has 0 aliphatic rings. The van der Waals surface area contributed by atoms with Crippen molar-refractivity contribution in [2.24, 2.45) is 5.92 Å². The highest BCUT2D eigenvalue weighted by molar-refractivity contribution is 7.85. The van der Waals surface area contributed by atoms with Crippen molar-refractivity contribution in [2.45, 2.75) is 13.3 Å². The molecule has 2 N–H and O–H groups in total. The van der Waals surface area contributed by atoms with Gasteiger partial charge in [0.05, 0.1) is 5.75 Å². The lowest BCUT2D eigenvalue weighted by Crippen LogP contribution is -2.14. The minimum atomic E-state index is -4.03. The highest BCUT2D eigenvalue weighted by Crippen LogP contribution is 2.11. The quantitative estimate of drug-likeness (QED) is 0.508. The van der Waals surface area contributed by atoms with Crippen LogP contribution in [0.3, 0.4) is 0 Å². The fraction of sp³-hybridized carbons (Fsp3) is 0.571. The molecular formula is C7H12O5S. The minimum Gasteiger partial charge on any atom is -0.478 e. The summed E-state index contributed by atoms with van der Waals surface area (Å²) in [4.78, 5) is 10.3. The highest BCUT2D eigenvalue weighted by Gasteiger charge is 2.15. The zero-order valence-corrected chi connectivity index (χ0v) is 8.04. The van der Waals surface area contributed by atoms with E-state index in [4.69, 9.17) is 9.66 Å². The molecule has 0 aliphatic heterocycles. The number of hydrogen-bond acceptors (Lipinski definition) is 3. The predicted octanol–water partition coefficient (Wildman–Crippen LogP) is 0.541. The van der Waals surface area contributed by atoms with Gasteiger partial charge in [-0.3, -0.25) is 4.55 Å². The molecule has 0 aromatic heterocycles. The van der Waals surface area contributed by atoms with E-state index in [2.05, 4.69) is 6.58 Å². The van der Waals surface area contributed by atoms with Gasteiger partial charge in [-0.05, 0) is 12.3 Å². The van der Waals surface area contributed by atoms with Crippen molar-refractivity contribution in [3.8, 4) is 0 Å². The van der Waals surface area contributed by atoms with Crippen LogP contribution in [-0.4, -0.2) is 29.8 Å². The lowest BCUT2D eigenvalue weighted by molar-refractivity contribution is -0.132. The number of rotatable bonds is 5. The van der Waals surface area contributed by atoms with Crippen LogP contribution >= 0.6 is 0 Å². The first-order chi connectivity index (χ1) is 5.72. The molecule has 0 bridgehead atoms. The van der Waals surface area contributed by atoms with Crippen LogP contribution in [0.25, 0.3) is 0 Å². The first-order valence-corrected chi connectivity index (χ1v) is 5.19. The van der Waals surface area contributed by atoms with Gasteiger partial charge < -0.3 is 5.11 Å². The molecule has 1 unspecified atom stereocenters. The van der Waals surface area contributed by atoms with E-state index >= 15 is 0 Å². The van der Waals surface area contributed by atoms with Gasteiger partial charge in [0.1, 0.15) is 0 Å². The summed E-state index contributed by atoms with van der Waals surface area (Å²) in [5.74, 6) is -2.04. The lowest BCUT2D eigenvalue weighted by Gasteiger charge is -2.08. The molecular weight excluding hydrogens is 196 g/mol. The Kier molecular flexibility index (Phi) is 4.09. The standard InChI is InChI=1S/C7H12O5S/c1-5(4-13(10,11)12)3-6(2)7(8)9/h5H,2-4H2,1H3,(H,8,9)(H,10,11,12). The third-order valence-electron chi connectivity index (χ3n) is 1.39. The first-order valence-electron chi connectivity index (χ1n) is 3.58. The van der Waals surface area contributed by atoms with E-state index in [1.807, 2.05) is 0 Å². The highest BCUT2D eigenvalue weighted by atomic mass is 32.2. The molecule has 0 aliphatic carbocycles. The van der Waals surface area contributed by atoms with Gasteiger partial charge in [-0.2, -0.15) is 8.42 Å². The molecule has 0 saturated heterocycles. The molecule has 1 atom stereocenters. The van der Waals surface area contributed by atoms with Crippen LogP contribution in [0.1, 0.15) is 13.3 Å². The van der Waals surface area contributed by atoms with Gasteiger partial charge in [-0.1, -0.05) is 13.5 Å². The van der Waals surface area contributed by atoms with Crippen molar-refractivity contribution in [1.29, 1.82) is 0 Å². The van der Waals surface area contributed by atoms with Crippen LogP contribution in [-0.2, 0) is 14.9 Å². The van der Waals surface area contributed by atoms with Crippen LogP contribution in [0.2, 0.25) is 0 Å². The number of carboxylic acid groups (broad SMARTS) is 1. The van der Waals surface area contributed by atoms with Gasteiger partial charge in [0.25, 0.3) is 10.1 Å². The average molecular weight is 208 g/mol. The summed E-state index contributed by atoms with van der Waals surface area (Å²) < 4.78 is 29.2. The molecule has 0 amide bonds. The Hall–Kier alpha value is -0.880. The number of aliphatic carboxylic acids is 1. The molecule has 5 nitrogen and oxygen atoms in total. The van der Waals surface area contributed by atoms with Crippen LogP contribution < -0.4 is 0 Å². The third kappa shape index (κ3) is 6.30. The summed E-state index contributed by atoms with van der Waals surface area (Å²) >= 11 is 0. The SMILES string of the molecule is C=C(CC(C)CS(=O)(=O)O)C(=O)O. The lowest BCUT2D eigenvalue weighted by atomic mass is 10.0. The fourth-order valence-corrected chi connectivity index (χ4v) is 1.76. The Morgan fingerprint density at radius 3 is 2.31 bits per heavy atom. The Bertz CT molecular complexity index is 303. The van der Waals surface area contributed by atoms with Crippen LogP contribution in [0.5, 0.6) is 0 Å². The maximum Gasteiger partial charge on any atom is 0.330 e. The Balaban J connectivity index is 4.10. The summed E-state index contributed by atoms with van der Waals surface area (Å²) in [6.07, 6.45) is 0.0507. The molecule has 13 heavy (non-hydrogen) atoms.